The van der Waals surface area contributed by atoms with Crippen molar-refractivity contribution in [3.05, 3.63) is 42.1 Å². The van der Waals surface area contributed by atoms with Gasteiger partial charge in [0, 0.05) is 44.1 Å². The topological polar surface area (TPSA) is 124 Å². The van der Waals surface area contributed by atoms with Gasteiger partial charge in [-0.05, 0) is 73.9 Å². The highest BCUT2D eigenvalue weighted by molar-refractivity contribution is 7.89. The zero-order valence-corrected chi connectivity index (χ0v) is 32.3. The molecule has 0 atom stereocenters. The first-order chi connectivity index (χ1) is 23.1. The summed E-state index contributed by atoms with van der Waals surface area (Å²) in [6.45, 7) is 15.4. The molecule has 264 valence electrons. The van der Waals surface area contributed by atoms with Crippen molar-refractivity contribution in [2.75, 3.05) is 51.0 Å². The van der Waals surface area contributed by atoms with E-state index in [9.17, 15) is 13.2 Å². The molecule has 11 nitrogen and oxygen atoms in total. The van der Waals surface area contributed by atoms with Crippen LogP contribution in [0.5, 0.6) is 0 Å². The largest absolute Gasteiger partial charge is 0.335 e. The van der Waals surface area contributed by atoms with Crippen molar-refractivity contribution in [1.82, 2.24) is 29.5 Å². The third-order valence-corrected chi connectivity index (χ3v) is 18.7. The van der Waals surface area contributed by atoms with Crippen LogP contribution in [0, 0.1) is 11.5 Å². The number of amides is 2. The maximum Gasteiger partial charge on any atom is 0.323 e. The Kier molecular flexibility index (Phi) is 10.7. The van der Waals surface area contributed by atoms with Crippen molar-refractivity contribution < 1.29 is 13.2 Å². The number of aromatic nitrogens is 3. The van der Waals surface area contributed by atoms with Gasteiger partial charge in [-0.25, -0.2) is 23.2 Å². The lowest BCUT2D eigenvalue weighted by Gasteiger charge is -2.38. The average molecular weight is 705 g/mol. The number of likely N-dealkylation sites (N-methyl/N-ethyl adjacent to an activating group) is 2. The number of sulfonamides is 1. The molecule has 5 rings (SSSR count). The van der Waals surface area contributed by atoms with Crippen LogP contribution in [0.3, 0.4) is 0 Å². The molecule has 1 aliphatic carbocycles. The molecule has 1 spiro atoms. The van der Waals surface area contributed by atoms with E-state index in [1.165, 1.54) is 4.31 Å². The van der Waals surface area contributed by atoms with Crippen LogP contribution < -0.4 is 15.5 Å². The van der Waals surface area contributed by atoms with E-state index in [1.54, 1.807) is 37.5 Å². The molecule has 1 saturated carbocycles. The molecular formula is C36H52N8O3SSi. The number of nitrogens with one attached hydrogen (secondary N) is 2. The van der Waals surface area contributed by atoms with E-state index in [1.807, 2.05) is 30.0 Å². The van der Waals surface area contributed by atoms with Gasteiger partial charge in [-0.2, -0.15) is 9.29 Å². The maximum atomic E-state index is 13.3. The minimum Gasteiger partial charge on any atom is -0.335 e. The molecule has 2 amide bonds. The predicted molar refractivity (Wildman–Crippen MR) is 200 cm³/mol. The summed E-state index contributed by atoms with van der Waals surface area (Å²) in [4.78, 5) is 31.7. The van der Waals surface area contributed by atoms with Crippen LogP contribution in [0.2, 0.25) is 16.6 Å². The fourth-order valence-corrected chi connectivity index (χ4v) is 14.1. The second kappa shape index (κ2) is 14.3. The number of fused-ring (bicyclic) bond motifs is 1. The Hall–Kier alpha value is -3.57. The molecule has 1 aliphatic heterocycles. The smallest absolute Gasteiger partial charge is 0.323 e. The molecular weight excluding hydrogens is 653 g/mol. The lowest BCUT2D eigenvalue weighted by atomic mass is 9.97. The summed E-state index contributed by atoms with van der Waals surface area (Å²) in [6, 6.07) is 8.37. The minimum absolute atomic E-state index is 0.141. The van der Waals surface area contributed by atoms with Crippen LogP contribution in [0.15, 0.2) is 41.4 Å². The number of anilines is 3. The predicted octanol–water partition coefficient (Wildman–Crippen LogP) is 6.36. The number of urea groups is 1. The van der Waals surface area contributed by atoms with Gasteiger partial charge in [0.25, 0.3) is 0 Å². The first-order valence-corrected chi connectivity index (χ1v) is 21.0. The number of pyridine rings is 1. The van der Waals surface area contributed by atoms with Crippen LogP contribution in [-0.4, -0.2) is 93.0 Å². The first kappa shape index (κ1) is 36.7. The Bertz CT molecular complexity index is 1820. The number of hydrogen-bond donors (Lipinski definition) is 2. The standard InChI is InChI=1S/C36H52N8O3SSi/c1-25(2)49(26(3)4,27(5)6)21-16-28-22-32(44-35(45)38-24-36(44)17-10-11-18-36)40-33-31(28)23-37-34(41-33)39-29-12-14-30(15-13-29)48(46,47)43(9)20-19-42(7)8/h12-15,22-23,25-27H,10-11,17-20,24H2,1-9H3,(H,38,45)(H,37,39,40,41). The number of nitrogens with zero attached hydrogens (tertiary/aromatic N) is 6. The fraction of sp³-hybridized carbons (Fsp3) is 0.556. The quantitative estimate of drug-likeness (QED) is 0.175. The lowest BCUT2D eigenvalue weighted by molar-refractivity contribution is 0.250. The normalized spacial score (nSPS) is 16.4. The van der Waals surface area contributed by atoms with Crippen LogP contribution in [0.4, 0.5) is 22.2 Å². The molecule has 3 heterocycles. The van der Waals surface area contributed by atoms with Gasteiger partial charge in [0.05, 0.1) is 15.8 Å². The zero-order valence-electron chi connectivity index (χ0n) is 30.5. The molecule has 49 heavy (non-hydrogen) atoms. The van der Waals surface area contributed by atoms with Gasteiger partial charge in [-0.15, -0.1) is 5.54 Å². The van der Waals surface area contributed by atoms with E-state index < -0.39 is 18.1 Å². The molecule has 0 radical (unpaired) electrons. The molecule has 2 aliphatic rings. The average Bonchev–Trinajstić information content (AvgIpc) is 3.65. The highest BCUT2D eigenvalue weighted by atomic mass is 32.2. The second-order valence-corrected chi connectivity index (χ2v) is 22.4. The second-order valence-electron chi connectivity index (χ2n) is 14.8. The molecule has 1 aromatic carbocycles. The molecule has 0 unspecified atom stereocenters. The molecule has 1 saturated heterocycles. The number of benzene rings is 1. The van der Waals surface area contributed by atoms with Gasteiger partial charge in [0.1, 0.15) is 13.9 Å². The first-order valence-electron chi connectivity index (χ1n) is 17.4. The van der Waals surface area contributed by atoms with Crippen molar-refractivity contribution in [2.24, 2.45) is 0 Å². The Morgan fingerprint density at radius 2 is 1.61 bits per heavy atom. The number of hydrogen-bond acceptors (Lipinski definition) is 8. The number of carbonyl (C=O) groups is 1. The van der Waals surface area contributed by atoms with Crippen LogP contribution in [-0.2, 0) is 10.0 Å². The van der Waals surface area contributed by atoms with Crippen LogP contribution in [0.1, 0.15) is 72.8 Å². The molecule has 2 aromatic heterocycles. The van der Waals surface area contributed by atoms with E-state index in [-0.39, 0.29) is 16.5 Å². The van der Waals surface area contributed by atoms with Gasteiger partial charge >= 0.3 is 6.03 Å². The molecule has 2 N–H and O–H groups in total. The van der Waals surface area contributed by atoms with E-state index in [0.29, 0.717) is 59.4 Å². The van der Waals surface area contributed by atoms with Crippen LogP contribution >= 0.6 is 0 Å². The number of carbonyl (C=O) groups excluding carboxylic acids is 1. The van der Waals surface area contributed by atoms with Gasteiger partial charge in [0.15, 0.2) is 5.65 Å². The van der Waals surface area contributed by atoms with E-state index >= 15 is 0 Å². The van der Waals surface area contributed by atoms with Crippen molar-refractivity contribution in [2.45, 2.75) is 94.3 Å². The highest BCUT2D eigenvalue weighted by Crippen LogP contribution is 2.42. The summed E-state index contributed by atoms with van der Waals surface area (Å²) in [5, 5.41) is 7.01. The number of rotatable bonds is 11. The molecule has 13 heteroatoms. The maximum absolute atomic E-state index is 13.3. The highest BCUT2D eigenvalue weighted by Gasteiger charge is 2.49. The Morgan fingerprint density at radius 1 is 0.980 bits per heavy atom. The summed E-state index contributed by atoms with van der Waals surface area (Å²) in [7, 11) is -0.283. The molecule has 2 fully saturated rings. The van der Waals surface area contributed by atoms with Crippen LogP contribution in [0.25, 0.3) is 11.0 Å². The molecule has 0 bridgehead atoms. The van der Waals surface area contributed by atoms with Gasteiger partial charge < -0.3 is 15.5 Å². The van der Waals surface area contributed by atoms with Crippen molar-refractivity contribution in [1.29, 1.82) is 0 Å². The summed E-state index contributed by atoms with van der Waals surface area (Å²) in [5.74, 6) is 4.46. The van der Waals surface area contributed by atoms with Crippen molar-refractivity contribution in [3.63, 3.8) is 0 Å². The Balaban J connectivity index is 1.54. The summed E-state index contributed by atoms with van der Waals surface area (Å²) < 4.78 is 27.5. The van der Waals surface area contributed by atoms with E-state index in [0.717, 1.165) is 36.6 Å². The third kappa shape index (κ3) is 7.19. The third-order valence-electron chi connectivity index (χ3n) is 10.5. The Morgan fingerprint density at radius 3 is 2.20 bits per heavy atom. The molecule has 3 aromatic rings. The van der Waals surface area contributed by atoms with Crippen molar-refractivity contribution >= 4 is 52.6 Å². The van der Waals surface area contributed by atoms with Gasteiger partial charge in [0.2, 0.25) is 16.0 Å². The van der Waals surface area contributed by atoms with Gasteiger partial charge in [-0.3, -0.25) is 4.90 Å². The monoisotopic (exact) mass is 704 g/mol. The summed E-state index contributed by atoms with van der Waals surface area (Å²) >= 11 is 0. The minimum atomic E-state index is -3.63. The zero-order chi connectivity index (χ0) is 35.7. The van der Waals surface area contributed by atoms with E-state index in [2.05, 4.69) is 68.6 Å². The van der Waals surface area contributed by atoms with Crippen molar-refractivity contribution in [3.8, 4) is 11.5 Å². The lowest BCUT2D eigenvalue weighted by Crippen LogP contribution is -2.45. The fourth-order valence-electron chi connectivity index (χ4n) is 7.76. The summed E-state index contributed by atoms with van der Waals surface area (Å²) in [5.41, 5.74) is 6.78. The SMILES string of the molecule is CC(C)[Si](C#Cc1cc(N2C(=O)NCC23CCCC3)nc2nc(Nc3ccc(S(=O)(=O)N(C)CCN(C)C)cc3)ncc12)(C(C)C)C(C)C. The Labute approximate surface area is 293 Å². The summed E-state index contributed by atoms with van der Waals surface area (Å²) in [6.07, 6.45) is 5.72. The van der Waals surface area contributed by atoms with E-state index in [4.69, 9.17) is 9.97 Å². The van der Waals surface area contributed by atoms with Gasteiger partial charge in [-0.1, -0.05) is 60.3 Å².